The van der Waals surface area contributed by atoms with Gasteiger partial charge < -0.3 is 25.0 Å². The Morgan fingerprint density at radius 3 is 2.37 bits per heavy atom. The molecule has 2 amide bonds. The first-order valence-corrected chi connectivity index (χ1v) is 11.4. The van der Waals surface area contributed by atoms with Crippen molar-refractivity contribution in [1.29, 1.82) is 0 Å². The number of nitrogens with one attached hydrogen (secondary N) is 2. The smallest absolute Gasteiger partial charge is 0.405 e. The standard InChI is InChI=1S/C19H27Cl2N3O5S/c1-19(2,3)30(29)23-17(12-8-13(20)14(21)9-15(12)25)11-4-6-24(7-5-11)16(26)10-22-18(27)28/h8-9,11,17,22-23,25H,4-7,10H2,1-3H3,(H,27,28). The summed E-state index contributed by atoms with van der Waals surface area (Å²) >= 11 is 10.8. The number of nitrogens with zero attached hydrogens (tertiary/aromatic N) is 1. The average molecular weight is 480 g/mol. The maximum absolute atomic E-state index is 12.8. The van der Waals surface area contributed by atoms with Gasteiger partial charge in [-0.25, -0.2) is 4.79 Å². The van der Waals surface area contributed by atoms with Crippen molar-refractivity contribution in [2.75, 3.05) is 19.6 Å². The molecular weight excluding hydrogens is 453 g/mol. The lowest BCUT2D eigenvalue weighted by atomic mass is 9.85. The molecule has 4 N–H and O–H groups in total. The Bertz CT molecular complexity index is 782. The molecule has 2 unspecified atom stereocenters. The average Bonchev–Trinajstić information content (AvgIpc) is 2.66. The first-order chi connectivity index (χ1) is 13.9. The minimum absolute atomic E-state index is 0.0316. The van der Waals surface area contributed by atoms with Gasteiger partial charge in [0.1, 0.15) is 17.0 Å². The van der Waals surface area contributed by atoms with Crippen molar-refractivity contribution in [2.45, 2.75) is 44.4 Å². The molecule has 0 spiro atoms. The van der Waals surface area contributed by atoms with E-state index < -0.39 is 28.2 Å². The van der Waals surface area contributed by atoms with Crippen molar-refractivity contribution in [3.63, 3.8) is 0 Å². The summed E-state index contributed by atoms with van der Waals surface area (Å²) in [6, 6.07) is 2.48. The second-order valence-corrected chi connectivity index (χ2v) is 11.0. The zero-order valence-corrected chi connectivity index (χ0v) is 19.4. The lowest BCUT2D eigenvalue weighted by molar-refractivity contribution is -0.131. The molecule has 1 saturated heterocycles. The number of benzene rings is 1. The molecule has 0 radical (unpaired) electrons. The fourth-order valence-corrected chi connectivity index (χ4v) is 4.49. The lowest BCUT2D eigenvalue weighted by Gasteiger charge is -2.38. The normalized spacial score (nSPS) is 17.5. The molecule has 1 aliphatic rings. The van der Waals surface area contributed by atoms with E-state index in [1.165, 1.54) is 6.07 Å². The van der Waals surface area contributed by atoms with Crippen LogP contribution in [-0.2, 0) is 16.2 Å². The van der Waals surface area contributed by atoms with Gasteiger partial charge >= 0.3 is 6.09 Å². The molecule has 0 aromatic heterocycles. The van der Waals surface area contributed by atoms with Crippen molar-refractivity contribution in [1.82, 2.24) is 14.9 Å². The summed E-state index contributed by atoms with van der Waals surface area (Å²) in [4.78, 5) is 24.3. The van der Waals surface area contributed by atoms with Crippen LogP contribution in [0.2, 0.25) is 10.0 Å². The Labute approximate surface area is 189 Å². The van der Waals surface area contributed by atoms with Gasteiger partial charge in [-0.05, 0) is 45.6 Å². The number of phenolic OH excluding ortho intramolecular Hbond substituents is 1. The SMILES string of the molecule is CC(C)(C)[S+]([O-])NC(c1cc(Cl)c(Cl)cc1O)C1CCN(C(=O)CNC(=O)O)CC1. The van der Waals surface area contributed by atoms with E-state index in [2.05, 4.69) is 10.0 Å². The highest BCUT2D eigenvalue weighted by Gasteiger charge is 2.37. The number of phenols is 1. The number of carbonyl (C=O) groups excluding carboxylic acids is 1. The van der Waals surface area contributed by atoms with Gasteiger partial charge in [-0.1, -0.05) is 23.2 Å². The number of hydrogen-bond donors (Lipinski definition) is 4. The van der Waals surface area contributed by atoms with Crippen LogP contribution in [0.5, 0.6) is 5.75 Å². The Morgan fingerprint density at radius 1 is 1.27 bits per heavy atom. The second-order valence-electron chi connectivity index (χ2n) is 8.18. The number of aromatic hydroxyl groups is 1. The highest BCUT2D eigenvalue weighted by Crippen LogP contribution is 2.40. The Hall–Kier alpha value is -1.39. The molecule has 0 bridgehead atoms. The highest BCUT2D eigenvalue weighted by atomic mass is 35.5. The summed E-state index contributed by atoms with van der Waals surface area (Å²) < 4.78 is 15.4. The van der Waals surface area contributed by atoms with E-state index in [0.717, 1.165) is 0 Å². The van der Waals surface area contributed by atoms with E-state index in [0.29, 0.717) is 31.5 Å². The van der Waals surface area contributed by atoms with E-state index in [9.17, 15) is 19.2 Å². The van der Waals surface area contributed by atoms with Gasteiger partial charge in [-0.2, -0.15) is 0 Å². The molecule has 1 aliphatic heterocycles. The van der Waals surface area contributed by atoms with Crippen LogP contribution in [0, 0.1) is 5.92 Å². The first-order valence-electron chi connectivity index (χ1n) is 9.50. The van der Waals surface area contributed by atoms with Crippen LogP contribution >= 0.6 is 23.2 Å². The minimum Gasteiger partial charge on any atom is -0.598 e. The van der Waals surface area contributed by atoms with E-state index >= 15 is 0 Å². The lowest BCUT2D eigenvalue weighted by Crippen LogP contribution is -2.48. The van der Waals surface area contributed by atoms with E-state index in [1.54, 1.807) is 11.0 Å². The van der Waals surface area contributed by atoms with Crippen LogP contribution in [0.15, 0.2) is 12.1 Å². The third-order valence-corrected chi connectivity index (χ3v) is 7.25. The maximum atomic E-state index is 12.8. The first kappa shape index (κ1) is 24.9. The second kappa shape index (κ2) is 10.3. The van der Waals surface area contributed by atoms with Crippen LogP contribution in [0.1, 0.15) is 45.2 Å². The Balaban J connectivity index is 2.19. The summed E-state index contributed by atoms with van der Waals surface area (Å²) in [6.45, 7) is 6.11. The molecule has 11 heteroatoms. The van der Waals surface area contributed by atoms with Crippen molar-refractivity contribution >= 4 is 46.6 Å². The molecule has 30 heavy (non-hydrogen) atoms. The van der Waals surface area contributed by atoms with Crippen LogP contribution in [0.25, 0.3) is 0 Å². The van der Waals surface area contributed by atoms with Crippen LogP contribution in [0.3, 0.4) is 0 Å². The molecule has 2 rings (SSSR count). The summed E-state index contributed by atoms with van der Waals surface area (Å²) in [5.41, 5.74) is 0.499. The van der Waals surface area contributed by atoms with Gasteiger partial charge in [0, 0.05) is 36.1 Å². The van der Waals surface area contributed by atoms with E-state index in [4.69, 9.17) is 28.3 Å². The molecule has 8 nitrogen and oxygen atoms in total. The van der Waals surface area contributed by atoms with Crippen LogP contribution in [-0.4, -0.2) is 56.0 Å². The zero-order valence-electron chi connectivity index (χ0n) is 17.1. The number of piperidine rings is 1. The largest absolute Gasteiger partial charge is 0.598 e. The summed E-state index contributed by atoms with van der Waals surface area (Å²) in [7, 11) is 0. The number of carbonyl (C=O) groups is 2. The number of rotatable bonds is 6. The molecule has 1 aromatic rings. The predicted molar refractivity (Wildman–Crippen MR) is 117 cm³/mol. The molecule has 1 aromatic carbocycles. The number of amides is 2. The molecule has 0 saturated carbocycles. The summed E-state index contributed by atoms with van der Waals surface area (Å²) in [5.74, 6) is -0.371. The third-order valence-electron chi connectivity index (χ3n) is 4.95. The van der Waals surface area contributed by atoms with Crippen LogP contribution < -0.4 is 10.0 Å². The van der Waals surface area contributed by atoms with Crippen LogP contribution in [0.4, 0.5) is 4.79 Å². The monoisotopic (exact) mass is 479 g/mol. The molecule has 2 atom stereocenters. The fraction of sp³-hybridized carbons (Fsp3) is 0.579. The van der Waals surface area contributed by atoms with Crippen molar-refractivity contribution < 1.29 is 24.4 Å². The van der Waals surface area contributed by atoms with Gasteiger partial charge in [0.2, 0.25) is 5.91 Å². The highest BCUT2D eigenvalue weighted by molar-refractivity contribution is 7.90. The van der Waals surface area contributed by atoms with Gasteiger partial charge in [-0.3, -0.25) is 4.79 Å². The van der Waals surface area contributed by atoms with Crippen molar-refractivity contribution in [3.05, 3.63) is 27.7 Å². The maximum Gasteiger partial charge on any atom is 0.405 e. The zero-order chi connectivity index (χ0) is 22.6. The number of halogens is 2. The van der Waals surface area contributed by atoms with E-state index in [-0.39, 0.29) is 34.2 Å². The number of carboxylic acid groups (broad SMARTS) is 1. The third kappa shape index (κ3) is 6.55. The number of hydrogen-bond acceptors (Lipinski definition) is 5. The summed E-state index contributed by atoms with van der Waals surface area (Å²) in [5, 5.41) is 21.7. The minimum atomic E-state index is -1.41. The molecular formula is C19H27Cl2N3O5S. The molecule has 1 heterocycles. The van der Waals surface area contributed by atoms with Crippen molar-refractivity contribution in [3.8, 4) is 5.75 Å². The molecule has 1 fully saturated rings. The van der Waals surface area contributed by atoms with E-state index in [1.807, 2.05) is 20.8 Å². The topological polar surface area (TPSA) is 125 Å². The Morgan fingerprint density at radius 2 is 1.83 bits per heavy atom. The van der Waals surface area contributed by atoms with Gasteiger partial charge in [0.05, 0.1) is 16.1 Å². The summed E-state index contributed by atoms with van der Waals surface area (Å²) in [6.07, 6.45) is -0.0862. The molecule has 0 aliphatic carbocycles. The fourth-order valence-electron chi connectivity index (χ4n) is 3.25. The van der Waals surface area contributed by atoms with Gasteiger partial charge in [-0.15, -0.1) is 4.72 Å². The number of likely N-dealkylation sites (tertiary alicyclic amines) is 1. The van der Waals surface area contributed by atoms with Gasteiger partial charge in [0.25, 0.3) is 0 Å². The Kier molecular flexibility index (Phi) is 8.52. The van der Waals surface area contributed by atoms with Crippen molar-refractivity contribution in [2.24, 2.45) is 5.92 Å². The molecule has 168 valence electrons. The quantitative estimate of drug-likeness (QED) is 0.463. The van der Waals surface area contributed by atoms with Gasteiger partial charge in [0.15, 0.2) is 0 Å². The predicted octanol–water partition coefficient (Wildman–Crippen LogP) is 3.30.